The van der Waals surface area contributed by atoms with Crippen LogP contribution in [-0.4, -0.2) is 39.4 Å². The highest BCUT2D eigenvalue weighted by Gasteiger charge is 2.42. The van der Waals surface area contributed by atoms with Crippen molar-refractivity contribution in [1.29, 1.82) is 0 Å². The third-order valence-electron chi connectivity index (χ3n) is 3.00. The minimum Gasteiger partial charge on any atom is -0.465 e. The first-order valence-corrected chi connectivity index (χ1v) is 6.12. The summed E-state index contributed by atoms with van der Waals surface area (Å²) >= 11 is 1.59. The molecule has 0 aliphatic carbocycles. The Bertz CT molecular complexity index is 379. The van der Waals surface area contributed by atoms with Crippen molar-refractivity contribution in [2.45, 2.75) is 31.4 Å². The van der Waals surface area contributed by atoms with Gasteiger partial charge in [-0.1, -0.05) is 6.07 Å². The van der Waals surface area contributed by atoms with E-state index in [2.05, 4.69) is 0 Å². The lowest BCUT2D eigenvalue weighted by Crippen LogP contribution is -2.37. The Morgan fingerprint density at radius 3 is 3.00 bits per heavy atom. The quantitative estimate of drug-likeness (QED) is 0.830. The van der Waals surface area contributed by atoms with Crippen LogP contribution in [0.3, 0.4) is 0 Å². The lowest BCUT2D eigenvalue weighted by atomic mass is 9.96. The minimum absolute atomic E-state index is 0.109. The van der Waals surface area contributed by atoms with Crippen molar-refractivity contribution >= 4 is 17.4 Å². The van der Waals surface area contributed by atoms with Crippen molar-refractivity contribution in [1.82, 2.24) is 4.90 Å². The second-order valence-corrected chi connectivity index (χ2v) is 5.48. The maximum Gasteiger partial charge on any atom is 0.407 e. The molecule has 16 heavy (non-hydrogen) atoms. The molecule has 88 valence electrons. The number of rotatable bonds is 2. The number of aliphatic hydroxyl groups is 1. The number of nitrogens with zero attached hydrogens (tertiary/aromatic N) is 1. The third-order valence-corrected chi connectivity index (χ3v) is 3.88. The fourth-order valence-corrected chi connectivity index (χ4v) is 3.16. The van der Waals surface area contributed by atoms with Crippen LogP contribution in [0.5, 0.6) is 0 Å². The van der Waals surface area contributed by atoms with Gasteiger partial charge in [-0.2, -0.15) is 0 Å². The molecule has 0 aromatic carbocycles. The molecule has 1 aliphatic rings. The molecule has 2 atom stereocenters. The summed E-state index contributed by atoms with van der Waals surface area (Å²) in [4.78, 5) is 13.3. The van der Waals surface area contributed by atoms with E-state index < -0.39 is 11.7 Å². The lowest BCUT2D eigenvalue weighted by molar-refractivity contribution is 0.0499. The normalized spacial score (nSPS) is 29.6. The summed E-state index contributed by atoms with van der Waals surface area (Å²) < 4.78 is 0. The van der Waals surface area contributed by atoms with Crippen molar-refractivity contribution in [3.8, 4) is 0 Å². The molecule has 1 aromatic heterocycles. The van der Waals surface area contributed by atoms with Crippen molar-refractivity contribution in [2.75, 3.05) is 6.54 Å². The number of carboxylic acid groups (broad SMARTS) is 1. The molecule has 1 unspecified atom stereocenters. The summed E-state index contributed by atoms with van der Waals surface area (Å²) in [5, 5.41) is 21.3. The van der Waals surface area contributed by atoms with Gasteiger partial charge in [0.1, 0.15) is 0 Å². The Morgan fingerprint density at radius 1 is 1.75 bits per heavy atom. The summed E-state index contributed by atoms with van der Waals surface area (Å²) in [6.45, 7) is 2.04. The summed E-state index contributed by atoms with van der Waals surface area (Å²) in [6, 6.07) is 3.80. The average Bonchev–Trinajstić information content (AvgIpc) is 2.74. The van der Waals surface area contributed by atoms with Crippen molar-refractivity contribution in [3.63, 3.8) is 0 Å². The summed E-state index contributed by atoms with van der Waals surface area (Å²) in [5.41, 5.74) is -0.900. The van der Waals surface area contributed by atoms with E-state index in [1.54, 1.807) is 11.3 Å². The smallest absolute Gasteiger partial charge is 0.407 e. The van der Waals surface area contributed by atoms with E-state index in [0.717, 1.165) is 4.88 Å². The molecule has 0 spiro atoms. The Hall–Kier alpha value is -1.07. The molecule has 2 heterocycles. The number of amides is 1. The molecule has 5 heteroatoms. The van der Waals surface area contributed by atoms with Crippen molar-refractivity contribution in [2.24, 2.45) is 0 Å². The molecule has 2 rings (SSSR count). The summed E-state index contributed by atoms with van der Waals surface area (Å²) in [5.74, 6) is 0. The minimum atomic E-state index is -0.949. The summed E-state index contributed by atoms with van der Waals surface area (Å²) in [7, 11) is 0. The van der Waals surface area contributed by atoms with E-state index in [4.69, 9.17) is 5.11 Å². The lowest BCUT2D eigenvalue weighted by Gasteiger charge is -2.21. The summed E-state index contributed by atoms with van der Waals surface area (Å²) in [6.07, 6.45) is 0.102. The second kappa shape index (κ2) is 4.07. The molecule has 1 amide bonds. The SMILES string of the molecule is C[C@@H]1CC(O)(Cc2cccs2)CN1C(=O)O. The van der Waals surface area contributed by atoms with Gasteiger partial charge < -0.3 is 15.1 Å². The van der Waals surface area contributed by atoms with Crippen LogP contribution in [0.1, 0.15) is 18.2 Å². The van der Waals surface area contributed by atoms with E-state index in [9.17, 15) is 9.90 Å². The van der Waals surface area contributed by atoms with Crippen LogP contribution in [0, 0.1) is 0 Å². The molecule has 1 aliphatic heterocycles. The zero-order chi connectivity index (χ0) is 11.8. The zero-order valence-corrected chi connectivity index (χ0v) is 9.91. The topological polar surface area (TPSA) is 60.8 Å². The van der Waals surface area contributed by atoms with Crippen LogP contribution >= 0.6 is 11.3 Å². The highest BCUT2D eigenvalue weighted by Crippen LogP contribution is 2.31. The first-order chi connectivity index (χ1) is 7.50. The first-order valence-electron chi connectivity index (χ1n) is 5.24. The fraction of sp³-hybridized carbons (Fsp3) is 0.545. The van der Waals surface area contributed by atoms with Gasteiger partial charge in [0, 0.05) is 17.3 Å². The number of hydrogen-bond donors (Lipinski definition) is 2. The monoisotopic (exact) mass is 241 g/mol. The first kappa shape index (κ1) is 11.4. The molecule has 1 fully saturated rings. The van der Waals surface area contributed by atoms with E-state index >= 15 is 0 Å². The molecule has 0 saturated carbocycles. The molecule has 4 nitrogen and oxygen atoms in total. The van der Waals surface area contributed by atoms with Crippen LogP contribution in [0.2, 0.25) is 0 Å². The zero-order valence-electron chi connectivity index (χ0n) is 9.09. The molecular weight excluding hydrogens is 226 g/mol. The third kappa shape index (κ3) is 2.20. The van der Waals surface area contributed by atoms with E-state index in [-0.39, 0.29) is 12.6 Å². The van der Waals surface area contributed by atoms with Gasteiger partial charge in [0.25, 0.3) is 0 Å². The maximum absolute atomic E-state index is 10.9. The molecule has 1 aromatic rings. The van der Waals surface area contributed by atoms with Gasteiger partial charge in [-0.25, -0.2) is 4.79 Å². The van der Waals surface area contributed by atoms with Crippen LogP contribution in [-0.2, 0) is 6.42 Å². The standard InChI is InChI=1S/C11H15NO3S/c1-8-5-11(15,7-12(8)10(13)14)6-9-3-2-4-16-9/h2-4,8,15H,5-7H2,1H3,(H,13,14)/t8-,11?/m1/s1. The second-order valence-electron chi connectivity index (χ2n) is 4.44. The van der Waals surface area contributed by atoms with Crippen molar-refractivity contribution < 1.29 is 15.0 Å². The van der Waals surface area contributed by atoms with Gasteiger partial charge in [0.15, 0.2) is 0 Å². The highest BCUT2D eigenvalue weighted by atomic mass is 32.1. The number of likely N-dealkylation sites (tertiary alicyclic amines) is 1. The van der Waals surface area contributed by atoms with E-state index in [0.29, 0.717) is 12.8 Å². The Labute approximate surface area is 98.1 Å². The number of thiophene rings is 1. The Morgan fingerprint density at radius 2 is 2.50 bits per heavy atom. The molecule has 0 bridgehead atoms. The molecular formula is C11H15NO3S. The van der Waals surface area contributed by atoms with Gasteiger partial charge in [-0.3, -0.25) is 0 Å². The van der Waals surface area contributed by atoms with Gasteiger partial charge in [-0.05, 0) is 24.8 Å². The van der Waals surface area contributed by atoms with Crippen molar-refractivity contribution in [3.05, 3.63) is 22.4 Å². The Kier molecular flexibility index (Phi) is 2.90. The molecule has 0 radical (unpaired) electrons. The van der Waals surface area contributed by atoms with E-state index in [1.165, 1.54) is 4.90 Å². The number of hydrogen-bond acceptors (Lipinski definition) is 3. The molecule has 1 saturated heterocycles. The maximum atomic E-state index is 10.9. The fourth-order valence-electron chi connectivity index (χ4n) is 2.32. The van der Waals surface area contributed by atoms with E-state index in [1.807, 2.05) is 24.4 Å². The van der Waals surface area contributed by atoms with Crippen LogP contribution in [0.15, 0.2) is 17.5 Å². The Balaban J connectivity index is 2.07. The number of carbonyl (C=O) groups is 1. The van der Waals surface area contributed by atoms with Crippen LogP contribution in [0.25, 0.3) is 0 Å². The van der Waals surface area contributed by atoms with Gasteiger partial charge in [-0.15, -0.1) is 11.3 Å². The van der Waals surface area contributed by atoms with Gasteiger partial charge in [0.05, 0.1) is 12.1 Å². The predicted octanol–water partition coefficient (Wildman–Crippen LogP) is 1.79. The van der Waals surface area contributed by atoms with Crippen LogP contribution in [0.4, 0.5) is 4.79 Å². The van der Waals surface area contributed by atoms with Gasteiger partial charge in [0.2, 0.25) is 0 Å². The van der Waals surface area contributed by atoms with Crippen LogP contribution < -0.4 is 0 Å². The van der Waals surface area contributed by atoms with Gasteiger partial charge >= 0.3 is 6.09 Å². The largest absolute Gasteiger partial charge is 0.465 e. The highest BCUT2D eigenvalue weighted by molar-refractivity contribution is 7.09. The average molecular weight is 241 g/mol. The molecule has 2 N–H and O–H groups in total. The predicted molar refractivity (Wildman–Crippen MR) is 61.8 cm³/mol. The number of β-amino-alcohol motifs (C(OH)–C–C–N with tert-alkyl or cyclic N) is 1.